The highest BCUT2D eigenvalue weighted by molar-refractivity contribution is 7.21. The predicted octanol–water partition coefficient (Wildman–Crippen LogP) is 3.85. The van der Waals surface area contributed by atoms with Gasteiger partial charge in [-0.2, -0.15) is 0 Å². The highest BCUT2D eigenvalue weighted by Crippen LogP contribution is 2.29. The van der Waals surface area contributed by atoms with E-state index in [2.05, 4.69) is 15.6 Å². The zero-order chi connectivity index (χ0) is 19.8. The summed E-state index contributed by atoms with van der Waals surface area (Å²) in [4.78, 5) is 34.3. The number of piperidine rings is 1. The third-order valence-electron chi connectivity index (χ3n) is 6.01. The van der Waals surface area contributed by atoms with Gasteiger partial charge in [0, 0.05) is 36.8 Å². The molecule has 3 aromatic rings. The molecule has 5 rings (SSSR count). The first kappa shape index (κ1) is 18.9. The normalized spacial score (nSPS) is 19.1. The molecule has 1 aliphatic carbocycles. The summed E-state index contributed by atoms with van der Waals surface area (Å²) in [6.45, 7) is 1.34. The van der Waals surface area contributed by atoms with Crippen LogP contribution >= 0.6 is 22.7 Å². The van der Waals surface area contributed by atoms with Crippen LogP contribution in [0.2, 0.25) is 0 Å². The van der Waals surface area contributed by atoms with Gasteiger partial charge in [0.05, 0.1) is 10.4 Å². The molecule has 0 unspecified atom stereocenters. The van der Waals surface area contributed by atoms with Crippen molar-refractivity contribution in [1.29, 1.82) is 0 Å². The number of likely N-dealkylation sites (tertiary alicyclic amines) is 1. The monoisotopic (exact) mass is 431 g/mol. The summed E-state index contributed by atoms with van der Waals surface area (Å²) >= 11 is 3.06. The SMILES string of the molecule is O=C(NC1CCCCC1)NC1CCN(C(=O)c2cc3c(nc4sccn43)s2)CC1. The number of imidazole rings is 1. The lowest BCUT2D eigenvalue weighted by Crippen LogP contribution is -2.51. The van der Waals surface area contributed by atoms with Crippen LogP contribution < -0.4 is 10.6 Å². The highest BCUT2D eigenvalue weighted by Gasteiger charge is 2.27. The van der Waals surface area contributed by atoms with E-state index in [4.69, 9.17) is 0 Å². The topological polar surface area (TPSA) is 78.7 Å². The van der Waals surface area contributed by atoms with Crippen molar-refractivity contribution in [3.8, 4) is 0 Å². The van der Waals surface area contributed by atoms with E-state index in [1.165, 1.54) is 30.6 Å². The molecule has 0 aromatic carbocycles. The van der Waals surface area contributed by atoms with Crippen molar-refractivity contribution < 1.29 is 9.59 Å². The maximum Gasteiger partial charge on any atom is 0.315 e. The molecule has 3 amide bonds. The Labute approximate surface area is 177 Å². The van der Waals surface area contributed by atoms with E-state index in [0.717, 1.165) is 45.9 Å². The van der Waals surface area contributed by atoms with Crippen molar-refractivity contribution in [1.82, 2.24) is 24.9 Å². The number of thiophene rings is 1. The number of carbonyl (C=O) groups excluding carboxylic acids is 2. The van der Waals surface area contributed by atoms with Crippen LogP contribution in [-0.4, -0.2) is 51.4 Å². The summed E-state index contributed by atoms with van der Waals surface area (Å²) in [6.07, 6.45) is 9.44. The van der Waals surface area contributed by atoms with Crippen molar-refractivity contribution in [3.63, 3.8) is 0 Å². The fourth-order valence-electron chi connectivity index (χ4n) is 4.40. The minimum atomic E-state index is -0.0541. The van der Waals surface area contributed by atoms with E-state index < -0.39 is 0 Å². The molecule has 2 aliphatic rings. The van der Waals surface area contributed by atoms with Crippen LogP contribution in [0.4, 0.5) is 4.79 Å². The number of hydrogen-bond donors (Lipinski definition) is 2. The maximum atomic E-state index is 12.9. The fraction of sp³-hybridized carbons (Fsp3) is 0.550. The third-order valence-corrected chi connectivity index (χ3v) is 7.77. The molecule has 29 heavy (non-hydrogen) atoms. The van der Waals surface area contributed by atoms with Crippen molar-refractivity contribution in [2.45, 2.75) is 57.0 Å². The summed E-state index contributed by atoms with van der Waals surface area (Å²) in [5.74, 6) is 0.0714. The smallest absolute Gasteiger partial charge is 0.315 e. The van der Waals surface area contributed by atoms with Gasteiger partial charge in [0.2, 0.25) is 0 Å². The number of urea groups is 1. The van der Waals surface area contributed by atoms with Gasteiger partial charge in [0.15, 0.2) is 4.96 Å². The molecule has 4 heterocycles. The van der Waals surface area contributed by atoms with E-state index in [1.54, 1.807) is 11.3 Å². The summed E-state index contributed by atoms with van der Waals surface area (Å²) < 4.78 is 2.04. The van der Waals surface area contributed by atoms with Crippen molar-refractivity contribution in [2.75, 3.05) is 13.1 Å². The van der Waals surface area contributed by atoms with Crippen LogP contribution in [0.5, 0.6) is 0 Å². The minimum absolute atomic E-state index is 0.0541. The van der Waals surface area contributed by atoms with E-state index in [-0.39, 0.29) is 18.0 Å². The number of fused-ring (bicyclic) bond motifs is 3. The second-order valence-corrected chi connectivity index (χ2v) is 9.89. The third kappa shape index (κ3) is 3.85. The Kier molecular flexibility index (Phi) is 5.17. The summed E-state index contributed by atoms with van der Waals surface area (Å²) in [5.41, 5.74) is 1.01. The molecule has 3 aromatic heterocycles. The molecule has 1 aliphatic heterocycles. The maximum absolute atomic E-state index is 12.9. The first-order chi connectivity index (χ1) is 14.2. The molecule has 9 heteroatoms. The Balaban J connectivity index is 1.15. The number of nitrogens with one attached hydrogen (secondary N) is 2. The van der Waals surface area contributed by atoms with Crippen LogP contribution in [0.3, 0.4) is 0 Å². The zero-order valence-corrected chi connectivity index (χ0v) is 17.9. The molecular weight excluding hydrogens is 406 g/mol. The van der Waals surface area contributed by atoms with Crippen molar-refractivity contribution >= 4 is 49.9 Å². The predicted molar refractivity (Wildman–Crippen MR) is 116 cm³/mol. The van der Waals surface area contributed by atoms with Gasteiger partial charge >= 0.3 is 6.03 Å². The summed E-state index contributed by atoms with van der Waals surface area (Å²) in [5, 5.41) is 8.22. The van der Waals surface area contributed by atoms with E-state index in [0.29, 0.717) is 19.1 Å². The van der Waals surface area contributed by atoms with Crippen molar-refractivity contribution in [2.24, 2.45) is 0 Å². The number of hydrogen-bond acceptors (Lipinski definition) is 5. The van der Waals surface area contributed by atoms with Crippen LogP contribution in [0.15, 0.2) is 17.6 Å². The standard InChI is InChI=1S/C20H25N5O2S2/c26-18(16-12-15-17(29-16)23-20-25(15)10-11-28-20)24-8-6-14(7-9-24)22-19(27)21-13-4-2-1-3-5-13/h10-14H,1-9H2,(H2,21,22,27). The van der Waals surface area contributed by atoms with Gasteiger partial charge in [-0.05, 0) is 31.7 Å². The molecule has 2 N–H and O–H groups in total. The number of rotatable bonds is 3. The van der Waals surface area contributed by atoms with Crippen LogP contribution in [0.25, 0.3) is 15.3 Å². The molecule has 1 saturated carbocycles. The number of thiazole rings is 1. The molecule has 7 nitrogen and oxygen atoms in total. The van der Waals surface area contributed by atoms with Gasteiger partial charge in [0.1, 0.15) is 4.83 Å². The minimum Gasteiger partial charge on any atom is -0.338 e. The van der Waals surface area contributed by atoms with Crippen LogP contribution in [0, 0.1) is 0 Å². The lowest BCUT2D eigenvalue weighted by Gasteiger charge is -2.32. The van der Waals surface area contributed by atoms with Gasteiger partial charge in [-0.1, -0.05) is 19.3 Å². The van der Waals surface area contributed by atoms with E-state index in [1.807, 2.05) is 26.9 Å². The second-order valence-electron chi connectivity index (χ2n) is 7.99. The van der Waals surface area contributed by atoms with Crippen LogP contribution in [0.1, 0.15) is 54.6 Å². The Morgan fingerprint density at radius 1 is 1.03 bits per heavy atom. The highest BCUT2D eigenvalue weighted by atomic mass is 32.1. The molecule has 0 spiro atoms. The second kappa shape index (κ2) is 7.95. The number of carbonyl (C=O) groups is 2. The molecule has 1 saturated heterocycles. The summed E-state index contributed by atoms with van der Waals surface area (Å²) in [7, 11) is 0. The van der Waals surface area contributed by atoms with Crippen molar-refractivity contribution in [3.05, 3.63) is 22.5 Å². The average Bonchev–Trinajstić information content (AvgIpc) is 3.41. The fourth-order valence-corrected chi connectivity index (χ4v) is 6.16. The molecular formula is C20H25N5O2S2. The molecule has 0 radical (unpaired) electrons. The Morgan fingerprint density at radius 2 is 1.76 bits per heavy atom. The number of amides is 3. The Hall–Kier alpha value is -2.13. The average molecular weight is 432 g/mol. The van der Waals surface area contributed by atoms with Gasteiger partial charge in [-0.3, -0.25) is 9.20 Å². The van der Waals surface area contributed by atoms with E-state index in [9.17, 15) is 9.59 Å². The molecule has 0 atom stereocenters. The lowest BCUT2D eigenvalue weighted by atomic mass is 9.96. The largest absolute Gasteiger partial charge is 0.338 e. The van der Waals surface area contributed by atoms with Gasteiger partial charge in [0.25, 0.3) is 5.91 Å². The van der Waals surface area contributed by atoms with Crippen LogP contribution in [-0.2, 0) is 0 Å². The van der Waals surface area contributed by atoms with Gasteiger partial charge in [-0.15, -0.1) is 22.7 Å². The quantitative estimate of drug-likeness (QED) is 0.661. The number of aromatic nitrogens is 2. The summed E-state index contributed by atoms with van der Waals surface area (Å²) in [6, 6.07) is 2.35. The lowest BCUT2D eigenvalue weighted by molar-refractivity contribution is 0.0713. The first-order valence-corrected chi connectivity index (χ1v) is 12.1. The Bertz CT molecular complexity index is 1020. The zero-order valence-electron chi connectivity index (χ0n) is 16.2. The number of nitrogens with zero attached hydrogens (tertiary/aromatic N) is 3. The van der Waals surface area contributed by atoms with Gasteiger partial charge in [-0.25, -0.2) is 9.78 Å². The first-order valence-electron chi connectivity index (χ1n) is 10.4. The van der Waals surface area contributed by atoms with E-state index >= 15 is 0 Å². The van der Waals surface area contributed by atoms with Gasteiger partial charge < -0.3 is 15.5 Å². The Morgan fingerprint density at radius 3 is 2.52 bits per heavy atom. The molecule has 2 fully saturated rings. The molecule has 0 bridgehead atoms. The molecule has 154 valence electrons.